The summed E-state index contributed by atoms with van der Waals surface area (Å²) in [6, 6.07) is 2.09. The average molecular weight is 419 g/mol. The summed E-state index contributed by atoms with van der Waals surface area (Å²) in [6.07, 6.45) is 0. The number of carbonyl (C=O) groups is 1. The van der Waals surface area contributed by atoms with Gasteiger partial charge < -0.3 is 15.9 Å². The number of rotatable bonds is 2. The summed E-state index contributed by atoms with van der Waals surface area (Å²) < 4.78 is 1.20. The number of nitrogens with two attached hydrogens (primary N) is 1. The van der Waals surface area contributed by atoms with E-state index in [4.69, 9.17) is 10.8 Å². The lowest BCUT2D eigenvalue weighted by Crippen LogP contribution is -2.20. The molecule has 0 aliphatic carbocycles. The number of aliphatic carboxylic acids is 1. The maximum atomic E-state index is 10.6. The molecular formula is C8H7I2NO3. The van der Waals surface area contributed by atoms with E-state index in [2.05, 4.69) is 0 Å². The van der Waals surface area contributed by atoms with E-state index >= 15 is 0 Å². The number of aromatic hydroxyl groups is 1. The van der Waals surface area contributed by atoms with Crippen molar-refractivity contribution in [1.82, 2.24) is 0 Å². The summed E-state index contributed by atoms with van der Waals surface area (Å²) in [7, 11) is 0. The maximum Gasteiger partial charge on any atom is 0.325 e. The molecule has 0 saturated carbocycles. The van der Waals surface area contributed by atoms with Gasteiger partial charge in [-0.1, -0.05) is 0 Å². The zero-order valence-electron chi connectivity index (χ0n) is 6.87. The van der Waals surface area contributed by atoms with Crippen molar-refractivity contribution in [2.75, 3.05) is 0 Å². The highest BCUT2D eigenvalue weighted by Crippen LogP contribution is 2.29. The van der Waals surface area contributed by atoms with Crippen LogP contribution in [0, 0.1) is 7.14 Å². The van der Waals surface area contributed by atoms with Crippen molar-refractivity contribution in [2.45, 2.75) is 6.04 Å². The third-order valence-electron chi connectivity index (χ3n) is 1.66. The fraction of sp³-hybridized carbons (Fsp3) is 0.125. The molecule has 0 saturated heterocycles. The standard InChI is InChI=1S/C8H7I2NO3/c9-4-1-3(6(11)8(13)14)2-5(10)7(4)12/h1-2,6,12H,11H2,(H,13,14)/t6-/m0/s1. The minimum absolute atomic E-state index is 0.160. The summed E-state index contributed by atoms with van der Waals surface area (Å²) in [5, 5.41) is 18.1. The maximum absolute atomic E-state index is 10.6. The topological polar surface area (TPSA) is 83.6 Å². The Balaban J connectivity index is 3.19. The highest BCUT2D eigenvalue weighted by atomic mass is 127. The van der Waals surface area contributed by atoms with Crippen LogP contribution in [0.25, 0.3) is 0 Å². The third kappa shape index (κ3) is 2.48. The van der Waals surface area contributed by atoms with Crippen molar-refractivity contribution in [3.05, 3.63) is 24.8 Å². The molecule has 0 aliphatic rings. The first-order valence-electron chi connectivity index (χ1n) is 3.59. The van der Waals surface area contributed by atoms with Gasteiger partial charge in [-0.3, -0.25) is 4.79 Å². The van der Waals surface area contributed by atoms with Gasteiger partial charge in [-0.15, -0.1) is 0 Å². The summed E-state index contributed by atoms with van der Waals surface area (Å²) in [5.74, 6) is -0.921. The molecule has 0 amide bonds. The lowest BCUT2D eigenvalue weighted by molar-refractivity contribution is -0.138. The number of hydrogen-bond donors (Lipinski definition) is 3. The van der Waals surface area contributed by atoms with E-state index in [1.165, 1.54) is 0 Å². The zero-order chi connectivity index (χ0) is 10.9. The molecular weight excluding hydrogens is 412 g/mol. The number of carboxylic acid groups (broad SMARTS) is 1. The van der Waals surface area contributed by atoms with Crippen molar-refractivity contribution in [3.63, 3.8) is 0 Å². The molecule has 0 radical (unpaired) electrons. The molecule has 4 nitrogen and oxygen atoms in total. The molecule has 6 heteroatoms. The molecule has 4 N–H and O–H groups in total. The van der Waals surface area contributed by atoms with Crippen LogP contribution in [0.4, 0.5) is 0 Å². The summed E-state index contributed by atoms with van der Waals surface area (Å²) in [4.78, 5) is 10.6. The van der Waals surface area contributed by atoms with Gasteiger partial charge >= 0.3 is 5.97 Å². The summed E-state index contributed by atoms with van der Waals surface area (Å²) in [6.45, 7) is 0. The molecule has 76 valence electrons. The first kappa shape index (κ1) is 12.0. The largest absolute Gasteiger partial charge is 0.506 e. The van der Waals surface area contributed by atoms with Crippen LogP contribution in [-0.2, 0) is 4.79 Å². The zero-order valence-corrected chi connectivity index (χ0v) is 11.2. The molecule has 0 spiro atoms. The van der Waals surface area contributed by atoms with Crippen molar-refractivity contribution < 1.29 is 15.0 Å². The van der Waals surface area contributed by atoms with Gasteiger partial charge in [0, 0.05) is 0 Å². The fourth-order valence-corrected chi connectivity index (χ4v) is 2.72. The lowest BCUT2D eigenvalue weighted by Gasteiger charge is -2.09. The van der Waals surface area contributed by atoms with Gasteiger partial charge in [0.15, 0.2) is 0 Å². The van der Waals surface area contributed by atoms with E-state index < -0.39 is 12.0 Å². The second-order valence-corrected chi connectivity index (χ2v) is 4.97. The Kier molecular flexibility index (Phi) is 3.95. The molecule has 1 aromatic rings. The Morgan fingerprint density at radius 2 is 1.79 bits per heavy atom. The van der Waals surface area contributed by atoms with E-state index in [0.29, 0.717) is 12.7 Å². The van der Waals surface area contributed by atoms with E-state index in [1.807, 2.05) is 45.2 Å². The Morgan fingerprint density at radius 1 is 1.36 bits per heavy atom. The minimum Gasteiger partial charge on any atom is -0.506 e. The van der Waals surface area contributed by atoms with Gasteiger partial charge in [0.2, 0.25) is 0 Å². The number of carboxylic acids is 1. The fourth-order valence-electron chi connectivity index (χ4n) is 0.907. The summed E-state index contributed by atoms with van der Waals surface area (Å²) in [5.41, 5.74) is 5.93. The van der Waals surface area contributed by atoms with E-state index in [9.17, 15) is 9.90 Å². The van der Waals surface area contributed by atoms with Gasteiger partial charge in [0.25, 0.3) is 0 Å². The smallest absolute Gasteiger partial charge is 0.325 e. The molecule has 1 rings (SSSR count). The Morgan fingerprint density at radius 3 is 2.14 bits per heavy atom. The Labute approximate surface area is 108 Å². The van der Waals surface area contributed by atoms with Gasteiger partial charge in [0.1, 0.15) is 11.8 Å². The first-order chi connectivity index (χ1) is 6.43. The van der Waals surface area contributed by atoms with Crippen molar-refractivity contribution in [1.29, 1.82) is 0 Å². The van der Waals surface area contributed by atoms with E-state index in [1.54, 1.807) is 12.1 Å². The summed E-state index contributed by atoms with van der Waals surface area (Å²) >= 11 is 3.86. The van der Waals surface area contributed by atoms with Gasteiger partial charge in [0.05, 0.1) is 7.14 Å². The van der Waals surface area contributed by atoms with E-state index in [-0.39, 0.29) is 5.75 Å². The van der Waals surface area contributed by atoms with Crippen LogP contribution in [0.1, 0.15) is 11.6 Å². The molecule has 0 aliphatic heterocycles. The van der Waals surface area contributed by atoms with Gasteiger partial charge in [-0.05, 0) is 62.9 Å². The Hall–Kier alpha value is -0.0900. The number of phenolic OH excluding ortho intramolecular Hbond substituents is 1. The minimum atomic E-state index is -1.08. The van der Waals surface area contributed by atoms with Crippen LogP contribution >= 0.6 is 45.2 Å². The van der Waals surface area contributed by atoms with Crippen molar-refractivity contribution in [3.8, 4) is 5.75 Å². The van der Waals surface area contributed by atoms with Crippen LogP contribution in [0.3, 0.4) is 0 Å². The molecule has 0 aromatic heterocycles. The van der Waals surface area contributed by atoms with Crippen LogP contribution in [-0.4, -0.2) is 16.2 Å². The molecule has 0 bridgehead atoms. The SMILES string of the molecule is N[C@H](C(=O)O)c1cc(I)c(O)c(I)c1. The van der Waals surface area contributed by atoms with Crippen LogP contribution < -0.4 is 5.73 Å². The van der Waals surface area contributed by atoms with Crippen LogP contribution in [0.2, 0.25) is 0 Å². The molecule has 0 unspecified atom stereocenters. The second-order valence-electron chi connectivity index (χ2n) is 2.65. The number of benzene rings is 1. The first-order valence-corrected chi connectivity index (χ1v) is 5.75. The lowest BCUT2D eigenvalue weighted by atomic mass is 10.1. The predicted molar refractivity (Wildman–Crippen MR) is 68.1 cm³/mol. The van der Waals surface area contributed by atoms with Crippen molar-refractivity contribution in [2.24, 2.45) is 5.73 Å². The van der Waals surface area contributed by atoms with Crippen molar-refractivity contribution >= 4 is 51.2 Å². The van der Waals surface area contributed by atoms with Crippen LogP contribution in [0.15, 0.2) is 12.1 Å². The second kappa shape index (κ2) is 4.62. The number of phenols is 1. The molecule has 1 atom stereocenters. The van der Waals surface area contributed by atoms with Gasteiger partial charge in [-0.2, -0.15) is 0 Å². The predicted octanol–water partition coefficient (Wildman–Crippen LogP) is 1.69. The average Bonchev–Trinajstić information content (AvgIpc) is 2.12. The van der Waals surface area contributed by atoms with Gasteiger partial charge in [-0.25, -0.2) is 0 Å². The highest BCUT2D eigenvalue weighted by molar-refractivity contribution is 14.1. The molecule has 0 fully saturated rings. The number of hydrogen-bond acceptors (Lipinski definition) is 3. The molecule has 0 heterocycles. The van der Waals surface area contributed by atoms with Crippen LogP contribution in [0.5, 0.6) is 5.75 Å². The quantitative estimate of drug-likeness (QED) is 0.638. The normalized spacial score (nSPS) is 12.5. The van der Waals surface area contributed by atoms with E-state index in [0.717, 1.165) is 0 Å². The Bertz CT molecular complexity index is 358. The monoisotopic (exact) mass is 419 g/mol. The molecule has 1 aromatic carbocycles. The molecule has 14 heavy (non-hydrogen) atoms. The highest BCUT2D eigenvalue weighted by Gasteiger charge is 2.16. The number of halogens is 2. The third-order valence-corrected chi connectivity index (χ3v) is 3.31.